The zero-order valence-electron chi connectivity index (χ0n) is 16.5. The maximum atomic E-state index is 11.4. The molecule has 2 aromatic carbocycles. The molecule has 1 aliphatic heterocycles. The van der Waals surface area contributed by atoms with Crippen LogP contribution in [0.2, 0.25) is 0 Å². The number of methoxy groups -OCH3 is 1. The Labute approximate surface area is 163 Å². The van der Waals surface area contributed by atoms with Crippen LogP contribution in [-0.4, -0.2) is 29.3 Å². The van der Waals surface area contributed by atoms with E-state index in [2.05, 4.69) is 54.3 Å². The van der Waals surface area contributed by atoms with E-state index in [9.17, 15) is 5.11 Å². The second-order valence-electron chi connectivity index (χ2n) is 8.35. The molecule has 27 heavy (non-hydrogen) atoms. The van der Waals surface area contributed by atoms with E-state index in [4.69, 9.17) is 4.74 Å². The van der Waals surface area contributed by atoms with Gasteiger partial charge in [0.15, 0.2) is 0 Å². The third-order valence-electron chi connectivity index (χ3n) is 6.64. The Balaban J connectivity index is 1.71. The van der Waals surface area contributed by atoms with Crippen LogP contribution in [0.5, 0.6) is 5.75 Å². The van der Waals surface area contributed by atoms with Crippen LogP contribution in [-0.2, 0) is 6.54 Å². The summed E-state index contributed by atoms with van der Waals surface area (Å²) in [5.74, 6) is 1.20. The molecule has 0 radical (unpaired) electrons. The minimum Gasteiger partial charge on any atom is -0.496 e. The Morgan fingerprint density at radius 3 is 2.63 bits per heavy atom. The highest BCUT2D eigenvalue weighted by atomic mass is 16.5. The lowest BCUT2D eigenvalue weighted by molar-refractivity contribution is -0.126. The molecule has 4 rings (SSSR count). The Kier molecular flexibility index (Phi) is 5.25. The summed E-state index contributed by atoms with van der Waals surface area (Å²) in [6.07, 6.45) is 5.24. The van der Waals surface area contributed by atoms with Crippen LogP contribution >= 0.6 is 0 Å². The summed E-state index contributed by atoms with van der Waals surface area (Å²) in [5, 5.41) is 11.4. The van der Waals surface area contributed by atoms with Crippen LogP contribution in [0.15, 0.2) is 48.5 Å². The van der Waals surface area contributed by atoms with E-state index in [0.29, 0.717) is 0 Å². The summed E-state index contributed by atoms with van der Waals surface area (Å²) >= 11 is 0. The monoisotopic (exact) mass is 365 g/mol. The number of nitrogens with zero attached hydrogens (tertiary/aromatic N) is 1. The molecule has 1 N–H and O–H groups in total. The van der Waals surface area contributed by atoms with E-state index >= 15 is 0 Å². The fraction of sp³-hybridized carbons (Fsp3) is 0.500. The summed E-state index contributed by atoms with van der Waals surface area (Å²) in [4.78, 5) is 2.56. The lowest BCUT2D eigenvalue weighted by Gasteiger charge is -2.53. The molecule has 1 aliphatic carbocycles. The van der Waals surface area contributed by atoms with Crippen molar-refractivity contribution in [2.45, 2.75) is 57.2 Å². The predicted octanol–water partition coefficient (Wildman–Crippen LogP) is 4.87. The Morgan fingerprint density at radius 1 is 1.07 bits per heavy atom. The first-order chi connectivity index (χ1) is 13.1. The van der Waals surface area contributed by atoms with Crippen molar-refractivity contribution in [1.29, 1.82) is 0 Å². The van der Waals surface area contributed by atoms with Gasteiger partial charge >= 0.3 is 0 Å². The van der Waals surface area contributed by atoms with Crippen molar-refractivity contribution in [3.05, 3.63) is 65.2 Å². The van der Waals surface area contributed by atoms with Crippen molar-refractivity contribution in [1.82, 2.24) is 4.90 Å². The number of benzene rings is 2. The molecule has 0 bridgehead atoms. The van der Waals surface area contributed by atoms with Gasteiger partial charge in [-0.2, -0.15) is 0 Å². The molecule has 1 saturated heterocycles. The zero-order valence-corrected chi connectivity index (χ0v) is 16.5. The van der Waals surface area contributed by atoms with E-state index in [0.717, 1.165) is 44.5 Å². The van der Waals surface area contributed by atoms with Crippen LogP contribution in [0.1, 0.15) is 54.8 Å². The van der Waals surface area contributed by atoms with E-state index < -0.39 is 5.60 Å². The lowest BCUT2D eigenvalue weighted by atomic mass is 9.66. The first-order valence-corrected chi connectivity index (χ1v) is 10.3. The number of hydrogen-bond donors (Lipinski definition) is 1. The molecular weight excluding hydrogens is 334 g/mol. The van der Waals surface area contributed by atoms with Crippen molar-refractivity contribution >= 4 is 0 Å². The first-order valence-electron chi connectivity index (χ1n) is 10.3. The van der Waals surface area contributed by atoms with E-state index in [1.54, 1.807) is 7.11 Å². The Morgan fingerprint density at radius 2 is 1.85 bits per heavy atom. The third kappa shape index (κ3) is 3.63. The molecule has 2 fully saturated rings. The molecule has 1 saturated carbocycles. The normalized spacial score (nSPS) is 28.6. The molecule has 3 nitrogen and oxygen atoms in total. The number of rotatable bonds is 4. The van der Waals surface area contributed by atoms with Gasteiger partial charge in [0.25, 0.3) is 0 Å². The van der Waals surface area contributed by atoms with Crippen molar-refractivity contribution in [2.75, 3.05) is 13.7 Å². The molecule has 2 aliphatic rings. The highest BCUT2D eigenvalue weighted by molar-refractivity contribution is 5.37. The van der Waals surface area contributed by atoms with E-state index in [1.807, 2.05) is 6.07 Å². The summed E-state index contributed by atoms with van der Waals surface area (Å²) in [6, 6.07) is 17.4. The Hall–Kier alpha value is -1.84. The SMILES string of the molecule is COc1ccccc1C1[C@@H]2CCCC[C@]2(O)CCN1Cc1ccc(C)cc1. The van der Waals surface area contributed by atoms with E-state index in [-0.39, 0.29) is 12.0 Å². The maximum Gasteiger partial charge on any atom is 0.123 e. The molecule has 0 amide bonds. The Bertz CT molecular complexity index is 772. The van der Waals surface area contributed by atoms with E-state index in [1.165, 1.54) is 23.1 Å². The van der Waals surface area contributed by atoms with Crippen LogP contribution in [0.3, 0.4) is 0 Å². The van der Waals surface area contributed by atoms with Gasteiger partial charge in [0, 0.05) is 30.6 Å². The van der Waals surface area contributed by atoms with Crippen LogP contribution < -0.4 is 4.74 Å². The van der Waals surface area contributed by atoms with Crippen molar-refractivity contribution in [3.8, 4) is 5.75 Å². The van der Waals surface area contributed by atoms with Gasteiger partial charge in [-0.05, 0) is 37.8 Å². The molecular formula is C24H31NO2. The summed E-state index contributed by atoms with van der Waals surface area (Å²) in [6.45, 7) is 3.96. The first kappa shape index (κ1) is 18.5. The molecule has 0 aromatic heterocycles. The number of aliphatic hydroxyl groups is 1. The zero-order chi connectivity index (χ0) is 18.9. The van der Waals surface area contributed by atoms with Crippen LogP contribution in [0.4, 0.5) is 0 Å². The molecule has 3 atom stereocenters. The number of likely N-dealkylation sites (tertiary alicyclic amines) is 1. The second-order valence-corrected chi connectivity index (χ2v) is 8.35. The molecule has 1 heterocycles. The highest BCUT2D eigenvalue weighted by Gasteiger charge is 2.49. The average Bonchev–Trinajstić information content (AvgIpc) is 2.69. The van der Waals surface area contributed by atoms with Gasteiger partial charge in [-0.3, -0.25) is 4.90 Å². The second kappa shape index (κ2) is 7.65. The van der Waals surface area contributed by atoms with Gasteiger partial charge in [-0.1, -0.05) is 60.9 Å². The minimum atomic E-state index is -0.534. The quantitative estimate of drug-likeness (QED) is 0.839. The molecule has 144 valence electrons. The number of para-hydroxylation sites is 1. The number of piperidine rings is 1. The van der Waals surface area contributed by atoms with Crippen LogP contribution in [0.25, 0.3) is 0 Å². The smallest absolute Gasteiger partial charge is 0.123 e. The molecule has 1 unspecified atom stereocenters. The van der Waals surface area contributed by atoms with Gasteiger partial charge in [0.05, 0.1) is 12.7 Å². The van der Waals surface area contributed by atoms with Crippen LogP contribution in [0, 0.1) is 12.8 Å². The summed E-state index contributed by atoms with van der Waals surface area (Å²) in [5.41, 5.74) is 3.31. The van der Waals surface area contributed by atoms with Crippen molar-refractivity contribution < 1.29 is 9.84 Å². The summed E-state index contributed by atoms with van der Waals surface area (Å²) in [7, 11) is 1.75. The molecule has 2 aromatic rings. The minimum absolute atomic E-state index is 0.196. The summed E-state index contributed by atoms with van der Waals surface area (Å²) < 4.78 is 5.72. The fourth-order valence-corrected chi connectivity index (χ4v) is 5.17. The fourth-order valence-electron chi connectivity index (χ4n) is 5.17. The van der Waals surface area contributed by atoms with Crippen molar-refractivity contribution in [3.63, 3.8) is 0 Å². The van der Waals surface area contributed by atoms with Gasteiger partial charge in [0.1, 0.15) is 5.75 Å². The lowest BCUT2D eigenvalue weighted by Crippen LogP contribution is -2.54. The predicted molar refractivity (Wildman–Crippen MR) is 109 cm³/mol. The third-order valence-corrected chi connectivity index (χ3v) is 6.64. The van der Waals surface area contributed by atoms with Gasteiger partial charge in [-0.25, -0.2) is 0 Å². The van der Waals surface area contributed by atoms with Gasteiger partial charge < -0.3 is 9.84 Å². The van der Waals surface area contributed by atoms with Crippen molar-refractivity contribution in [2.24, 2.45) is 5.92 Å². The average molecular weight is 366 g/mol. The van der Waals surface area contributed by atoms with Gasteiger partial charge in [0.2, 0.25) is 0 Å². The molecule has 0 spiro atoms. The number of fused-ring (bicyclic) bond motifs is 1. The highest BCUT2D eigenvalue weighted by Crippen LogP contribution is 2.51. The van der Waals surface area contributed by atoms with Gasteiger partial charge in [-0.15, -0.1) is 0 Å². The number of hydrogen-bond acceptors (Lipinski definition) is 3. The largest absolute Gasteiger partial charge is 0.496 e. The topological polar surface area (TPSA) is 32.7 Å². The number of ether oxygens (including phenoxy) is 1. The maximum absolute atomic E-state index is 11.4. The standard InChI is InChI=1S/C24H31NO2/c1-18-10-12-19(13-11-18)17-25-16-15-24(26)14-6-5-8-21(24)23(25)20-7-3-4-9-22(20)27-2/h3-4,7,9-13,21,23,26H,5-6,8,14-17H2,1-2H3/t21-,23?,24-/m0/s1. The molecule has 3 heteroatoms. The number of aryl methyl sites for hydroxylation is 1.